The van der Waals surface area contributed by atoms with Crippen LogP contribution in [-0.4, -0.2) is 30.8 Å². The molecule has 0 spiro atoms. The quantitative estimate of drug-likeness (QED) is 0.613. The van der Waals surface area contributed by atoms with Gasteiger partial charge in [-0.3, -0.25) is 0 Å². The maximum atomic E-state index is 10.5. The molecule has 0 atom stereocenters. The summed E-state index contributed by atoms with van der Waals surface area (Å²) in [7, 11) is 1.63. The Morgan fingerprint density at radius 3 is 2.68 bits per heavy atom. The molecule has 1 heterocycles. The van der Waals surface area contributed by atoms with Crippen molar-refractivity contribution in [3.8, 4) is 11.5 Å². The van der Waals surface area contributed by atoms with E-state index < -0.39 is 0 Å². The molecule has 100 valence electrons. The molecule has 0 unspecified atom stereocenters. The third-order valence-corrected chi connectivity index (χ3v) is 4.80. The second-order valence-corrected chi connectivity index (χ2v) is 5.95. The molecule has 2 aliphatic rings. The van der Waals surface area contributed by atoms with Gasteiger partial charge in [0.1, 0.15) is 6.10 Å². The molecule has 19 heavy (non-hydrogen) atoms. The van der Waals surface area contributed by atoms with Crippen molar-refractivity contribution in [3.05, 3.63) is 23.8 Å². The molecule has 1 aliphatic carbocycles. The molecule has 2 fully saturated rings. The zero-order valence-electron chi connectivity index (χ0n) is 10.7. The molecule has 1 aromatic carbocycles. The van der Waals surface area contributed by atoms with Crippen molar-refractivity contribution in [2.75, 3.05) is 18.6 Å². The summed E-state index contributed by atoms with van der Waals surface area (Å²) >= 11 is 1.87. The summed E-state index contributed by atoms with van der Waals surface area (Å²) in [5.41, 5.74) is 0.652. The number of benzene rings is 1. The maximum Gasteiger partial charge on any atom is 0.235 e. The van der Waals surface area contributed by atoms with Crippen molar-refractivity contribution < 1.29 is 14.3 Å². The number of hydrogen-bond donors (Lipinski definition) is 0. The Balaban J connectivity index is 1.90. The Bertz CT molecular complexity index is 531. The van der Waals surface area contributed by atoms with Crippen molar-refractivity contribution in [2.45, 2.75) is 24.5 Å². The number of hydrogen-bond acceptors (Lipinski definition) is 5. The first-order valence-corrected chi connectivity index (χ1v) is 7.45. The Labute approximate surface area is 116 Å². The molecule has 3 rings (SSSR count). The fourth-order valence-electron chi connectivity index (χ4n) is 2.19. The summed E-state index contributed by atoms with van der Waals surface area (Å²) in [6, 6.07) is 5.79. The topological polar surface area (TPSA) is 47.9 Å². The minimum Gasteiger partial charge on any atom is -0.493 e. The largest absolute Gasteiger partial charge is 0.493 e. The molecule has 0 amide bonds. The Hall–Kier alpha value is -1.45. The van der Waals surface area contributed by atoms with Crippen molar-refractivity contribution in [1.29, 1.82) is 0 Å². The Kier molecular flexibility index (Phi) is 3.25. The normalized spacial score (nSPS) is 20.1. The van der Waals surface area contributed by atoms with Gasteiger partial charge in [-0.15, -0.1) is 0 Å². The summed E-state index contributed by atoms with van der Waals surface area (Å²) in [5.74, 6) is 3.51. The Morgan fingerprint density at radius 2 is 2.16 bits per heavy atom. The van der Waals surface area contributed by atoms with E-state index in [4.69, 9.17) is 9.47 Å². The highest BCUT2D eigenvalue weighted by Crippen LogP contribution is 2.50. The van der Waals surface area contributed by atoms with Gasteiger partial charge >= 0.3 is 0 Å². The SMILES string of the molecule is COc1ccc(C2(N=C=O)CC2)cc1OC1CSC1. The number of isocyanates is 1. The van der Waals surface area contributed by atoms with Crippen LogP contribution in [-0.2, 0) is 10.3 Å². The molecular weight excluding hydrogens is 262 g/mol. The molecular formula is C14H15NO3S. The van der Waals surface area contributed by atoms with Crippen LogP contribution in [0.1, 0.15) is 18.4 Å². The summed E-state index contributed by atoms with van der Waals surface area (Å²) in [4.78, 5) is 14.5. The molecule has 5 heteroatoms. The number of methoxy groups -OCH3 is 1. The van der Waals surface area contributed by atoms with Crippen molar-refractivity contribution in [3.63, 3.8) is 0 Å². The first kappa shape index (κ1) is 12.6. The number of rotatable bonds is 5. The van der Waals surface area contributed by atoms with Crippen LogP contribution in [0.25, 0.3) is 0 Å². The molecule has 1 aliphatic heterocycles. The van der Waals surface area contributed by atoms with Crippen LogP contribution < -0.4 is 9.47 Å². The van der Waals surface area contributed by atoms with Gasteiger partial charge in [0, 0.05) is 11.5 Å². The number of thioether (sulfide) groups is 1. The van der Waals surface area contributed by atoms with Crippen molar-refractivity contribution in [1.82, 2.24) is 0 Å². The van der Waals surface area contributed by atoms with E-state index in [0.717, 1.165) is 41.4 Å². The number of ether oxygens (including phenoxy) is 2. The predicted molar refractivity (Wildman–Crippen MR) is 73.8 cm³/mol. The average Bonchev–Trinajstić information content (AvgIpc) is 3.15. The summed E-state index contributed by atoms with van der Waals surface area (Å²) in [6.45, 7) is 0. The van der Waals surface area contributed by atoms with Crippen molar-refractivity contribution in [2.24, 2.45) is 4.99 Å². The lowest BCUT2D eigenvalue weighted by Gasteiger charge is -2.27. The predicted octanol–water partition coefficient (Wildman–Crippen LogP) is 2.51. The summed E-state index contributed by atoms with van der Waals surface area (Å²) in [6.07, 6.45) is 3.73. The molecule has 0 bridgehead atoms. The van der Waals surface area contributed by atoms with E-state index in [2.05, 4.69) is 4.99 Å². The fourth-order valence-corrected chi connectivity index (χ4v) is 2.75. The summed E-state index contributed by atoms with van der Waals surface area (Å²) < 4.78 is 11.3. The Morgan fingerprint density at radius 1 is 1.37 bits per heavy atom. The lowest BCUT2D eigenvalue weighted by Crippen LogP contribution is -2.31. The zero-order chi connectivity index (χ0) is 13.3. The van der Waals surface area contributed by atoms with E-state index in [0.29, 0.717) is 0 Å². The molecule has 1 saturated heterocycles. The molecule has 1 aromatic rings. The lowest BCUT2D eigenvalue weighted by molar-refractivity contribution is 0.228. The molecule has 0 radical (unpaired) electrons. The maximum absolute atomic E-state index is 10.5. The molecule has 4 nitrogen and oxygen atoms in total. The van der Waals surface area contributed by atoms with E-state index in [-0.39, 0.29) is 11.6 Å². The molecule has 1 saturated carbocycles. The van der Waals surface area contributed by atoms with E-state index in [9.17, 15) is 4.79 Å². The monoisotopic (exact) mass is 277 g/mol. The van der Waals surface area contributed by atoms with E-state index in [1.165, 1.54) is 0 Å². The highest BCUT2D eigenvalue weighted by molar-refractivity contribution is 8.00. The van der Waals surface area contributed by atoms with Gasteiger partial charge in [-0.1, -0.05) is 6.07 Å². The van der Waals surface area contributed by atoms with Gasteiger partial charge in [0.15, 0.2) is 11.5 Å². The summed E-state index contributed by atoms with van der Waals surface area (Å²) in [5, 5.41) is 0. The number of aliphatic imine (C=N–C) groups is 1. The van der Waals surface area contributed by atoms with Gasteiger partial charge in [0.2, 0.25) is 6.08 Å². The van der Waals surface area contributed by atoms with Gasteiger partial charge in [0.25, 0.3) is 0 Å². The fraction of sp³-hybridized carbons (Fsp3) is 0.500. The van der Waals surface area contributed by atoms with Gasteiger partial charge in [-0.2, -0.15) is 16.8 Å². The lowest BCUT2D eigenvalue weighted by atomic mass is 10.0. The third-order valence-electron chi connectivity index (χ3n) is 3.59. The van der Waals surface area contributed by atoms with E-state index in [1.54, 1.807) is 13.2 Å². The van der Waals surface area contributed by atoms with Crippen LogP contribution in [0.5, 0.6) is 11.5 Å². The van der Waals surface area contributed by atoms with Crippen LogP contribution in [0.2, 0.25) is 0 Å². The average molecular weight is 277 g/mol. The van der Waals surface area contributed by atoms with E-state index in [1.807, 2.05) is 30.0 Å². The minimum absolute atomic E-state index is 0.263. The van der Waals surface area contributed by atoms with Crippen LogP contribution >= 0.6 is 11.8 Å². The highest BCUT2D eigenvalue weighted by Gasteiger charge is 2.45. The van der Waals surface area contributed by atoms with Crippen molar-refractivity contribution >= 4 is 17.8 Å². The third kappa shape index (κ3) is 2.36. The van der Waals surface area contributed by atoms with Gasteiger partial charge < -0.3 is 9.47 Å². The first-order valence-electron chi connectivity index (χ1n) is 6.29. The second-order valence-electron chi connectivity index (χ2n) is 4.88. The minimum atomic E-state index is -0.361. The molecule has 0 N–H and O–H groups in total. The van der Waals surface area contributed by atoms with Crippen LogP contribution in [0.15, 0.2) is 23.2 Å². The van der Waals surface area contributed by atoms with Crippen LogP contribution in [0, 0.1) is 0 Å². The van der Waals surface area contributed by atoms with E-state index >= 15 is 0 Å². The van der Waals surface area contributed by atoms with Gasteiger partial charge in [-0.05, 0) is 30.5 Å². The van der Waals surface area contributed by atoms with Crippen LogP contribution in [0.3, 0.4) is 0 Å². The number of carbonyl (C=O) groups excluding carboxylic acids is 1. The smallest absolute Gasteiger partial charge is 0.235 e. The standard InChI is InChI=1S/C14H15NO3S/c1-17-12-3-2-10(14(4-5-14)15-9-16)6-13(12)18-11-7-19-8-11/h2-3,6,11H,4-5,7-8H2,1H3. The van der Waals surface area contributed by atoms with Gasteiger partial charge in [0.05, 0.1) is 12.6 Å². The second kappa shape index (κ2) is 4.91. The van der Waals surface area contributed by atoms with Crippen LogP contribution in [0.4, 0.5) is 0 Å². The molecule has 0 aromatic heterocycles. The zero-order valence-corrected chi connectivity index (χ0v) is 11.5. The highest BCUT2D eigenvalue weighted by atomic mass is 32.2. The number of nitrogens with zero attached hydrogens (tertiary/aromatic N) is 1. The van der Waals surface area contributed by atoms with Gasteiger partial charge in [-0.25, -0.2) is 4.79 Å². The first-order chi connectivity index (χ1) is 9.27.